The zero-order valence-electron chi connectivity index (χ0n) is 7.72. The van der Waals surface area contributed by atoms with Crippen LogP contribution in [0.15, 0.2) is 41.3 Å². The first-order chi connectivity index (χ1) is 7.20. The maximum absolute atomic E-state index is 11.1. The van der Waals surface area contributed by atoms with E-state index in [0.717, 1.165) is 10.2 Å². The van der Waals surface area contributed by atoms with E-state index in [9.17, 15) is 4.79 Å². The Bertz CT molecular complexity index is 507. The lowest BCUT2D eigenvalue weighted by molar-refractivity contribution is 0.0994. The largest absolute Gasteiger partial charge is 0.364 e. The SMILES string of the molecule is NC(=O)c1cncn1-c1ccccc1Br. The molecule has 0 saturated heterocycles. The van der Waals surface area contributed by atoms with Gasteiger partial charge in [0.2, 0.25) is 0 Å². The number of carbonyl (C=O) groups is 1. The van der Waals surface area contributed by atoms with Gasteiger partial charge in [-0.3, -0.25) is 9.36 Å². The summed E-state index contributed by atoms with van der Waals surface area (Å²) in [6.07, 6.45) is 3.00. The number of imidazole rings is 1. The minimum absolute atomic E-state index is 0.363. The van der Waals surface area contributed by atoms with Crippen molar-refractivity contribution in [3.05, 3.63) is 47.0 Å². The molecular formula is C10H8BrN3O. The normalized spacial score (nSPS) is 10.2. The summed E-state index contributed by atoms with van der Waals surface area (Å²) in [4.78, 5) is 15.0. The van der Waals surface area contributed by atoms with Crippen LogP contribution in [0.25, 0.3) is 5.69 Å². The number of carbonyl (C=O) groups excluding carboxylic acids is 1. The molecule has 1 aromatic heterocycles. The summed E-state index contributed by atoms with van der Waals surface area (Å²) in [5, 5.41) is 0. The third-order valence-corrected chi connectivity index (χ3v) is 2.67. The summed E-state index contributed by atoms with van der Waals surface area (Å²) < 4.78 is 2.53. The van der Waals surface area contributed by atoms with Crippen LogP contribution in [0.1, 0.15) is 10.5 Å². The van der Waals surface area contributed by atoms with Crippen molar-refractivity contribution in [3.63, 3.8) is 0 Å². The topological polar surface area (TPSA) is 60.9 Å². The average molecular weight is 266 g/mol. The second-order valence-electron chi connectivity index (χ2n) is 2.96. The van der Waals surface area contributed by atoms with Crippen molar-refractivity contribution in [1.29, 1.82) is 0 Å². The van der Waals surface area contributed by atoms with Crippen LogP contribution in [0.5, 0.6) is 0 Å². The fraction of sp³-hybridized carbons (Fsp3) is 0. The average Bonchev–Trinajstić information content (AvgIpc) is 2.67. The quantitative estimate of drug-likeness (QED) is 0.899. The van der Waals surface area contributed by atoms with Crippen molar-refractivity contribution < 1.29 is 4.79 Å². The predicted molar refractivity (Wildman–Crippen MR) is 59.8 cm³/mol. The van der Waals surface area contributed by atoms with Crippen LogP contribution in [0, 0.1) is 0 Å². The molecule has 5 heteroatoms. The van der Waals surface area contributed by atoms with E-state index in [-0.39, 0.29) is 0 Å². The van der Waals surface area contributed by atoms with Gasteiger partial charge in [0.05, 0.1) is 18.2 Å². The Kier molecular flexibility index (Phi) is 2.55. The molecular weight excluding hydrogens is 258 g/mol. The molecule has 0 aliphatic carbocycles. The molecule has 1 heterocycles. The van der Waals surface area contributed by atoms with Gasteiger partial charge in [-0.2, -0.15) is 0 Å². The molecule has 0 spiro atoms. The van der Waals surface area contributed by atoms with E-state index in [1.54, 1.807) is 10.9 Å². The van der Waals surface area contributed by atoms with Crippen LogP contribution in [0.2, 0.25) is 0 Å². The van der Waals surface area contributed by atoms with Crippen molar-refractivity contribution >= 4 is 21.8 Å². The van der Waals surface area contributed by atoms with Gasteiger partial charge in [0.1, 0.15) is 5.69 Å². The molecule has 0 saturated carbocycles. The molecule has 1 amide bonds. The van der Waals surface area contributed by atoms with Gasteiger partial charge < -0.3 is 5.73 Å². The second-order valence-corrected chi connectivity index (χ2v) is 3.82. The number of nitrogens with two attached hydrogens (primary N) is 1. The van der Waals surface area contributed by atoms with E-state index >= 15 is 0 Å². The Labute approximate surface area is 94.9 Å². The molecule has 0 fully saturated rings. The van der Waals surface area contributed by atoms with E-state index < -0.39 is 5.91 Å². The Balaban J connectivity index is 2.59. The lowest BCUT2D eigenvalue weighted by Crippen LogP contribution is -2.15. The van der Waals surface area contributed by atoms with Gasteiger partial charge in [-0.15, -0.1) is 0 Å². The van der Waals surface area contributed by atoms with Crippen LogP contribution in [0.4, 0.5) is 0 Å². The Hall–Kier alpha value is -1.62. The molecule has 2 N–H and O–H groups in total. The fourth-order valence-electron chi connectivity index (χ4n) is 1.32. The van der Waals surface area contributed by atoms with Gasteiger partial charge in [0, 0.05) is 4.47 Å². The number of rotatable bonds is 2. The van der Waals surface area contributed by atoms with Crippen molar-refractivity contribution in [2.75, 3.05) is 0 Å². The molecule has 1 aromatic carbocycles. The highest BCUT2D eigenvalue weighted by atomic mass is 79.9. The predicted octanol–water partition coefficient (Wildman–Crippen LogP) is 1.73. The number of para-hydroxylation sites is 1. The van der Waals surface area contributed by atoms with E-state index in [2.05, 4.69) is 20.9 Å². The number of halogens is 1. The summed E-state index contributed by atoms with van der Waals surface area (Å²) >= 11 is 3.40. The van der Waals surface area contributed by atoms with Gasteiger partial charge in [-0.25, -0.2) is 4.98 Å². The fourth-order valence-corrected chi connectivity index (χ4v) is 1.79. The highest BCUT2D eigenvalue weighted by molar-refractivity contribution is 9.10. The van der Waals surface area contributed by atoms with Gasteiger partial charge in [-0.05, 0) is 28.1 Å². The van der Waals surface area contributed by atoms with E-state index in [4.69, 9.17) is 5.73 Å². The van der Waals surface area contributed by atoms with Crippen LogP contribution in [0.3, 0.4) is 0 Å². The molecule has 76 valence electrons. The molecule has 0 bridgehead atoms. The van der Waals surface area contributed by atoms with Crippen LogP contribution >= 0.6 is 15.9 Å². The van der Waals surface area contributed by atoms with Crippen molar-refractivity contribution in [2.24, 2.45) is 5.73 Å². The Morgan fingerprint density at radius 1 is 1.40 bits per heavy atom. The number of benzene rings is 1. The highest BCUT2D eigenvalue weighted by Gasteiger charge is 2.10. The molecule has 15 heavy (non-hydrogen) atoms. The van der Waals surface area contributed by atoms with Crippen LogP contribution in [-0.2, 0) is 0 Å². The van der Waals surface area contributed by atoms with Crippen molar-refractivity contribution in [1.82, 2.24) is 9.55 Å². The summed E-state index contributed by atoms with van der Waals surface area (Å²) in [7, 11) is 0. The molecule has 0 atom stereocenters. The standard InChI is InChI=1S/C10H8BrN3O/c11-7-3-1-2-4-8(7)14-6-13-5-9(14)10(12)15/h1-6H,(H2,12,15). The van der Waals surface area contributed by atoms with Crippen LogP contribution < -0.4 is 5.73 Å². The van der Waals surface area contributed by atoms with Gasteiger partial charge in [0.15, 0.2) is 0 Å². The zero-order valence-corrected chi connectivity index (χ0v) is 9.31. The number of nitrogens with zero attached hydrogens (tertiary/aromatic N) is 2. The molecule has 0 aliphatic rings. The lowest BCUT2D eigenvalue weighted by Gasteiger charge is -2.07. The first-order valence-electron chi connectivity index (χ1n) is 4.27. The number of hydrogen-bond donors (Lipinski definition) is 1. The summed E-state index contributed by atoms with van der Waals surface area (Å²) in [5.41, 5.74) is 6.43. The molecule has 0 unspecified atom stereocenters. The summed E-state index contributed by atoms with van der Waals surface area (Å²) in [5.74, 6) is -0.497. The number of hydrogen-bond acceptors (Lipinski definition) is 2. The maximum atomic E-state index is 11.1. The first kappa shape index (κ1) is 9.92. The third-order valence-electron chi connectivity index (χ3n) is 2.00. The van der Waals surface area contributed by atoms with Crippen molar-refractivity contribution in [2.45, 2.75) is 0 Å². The van der Waals surface area contributed by atoms with Gasteiger partial charge in [0.25, 0.3) is 5.91 Å². The Morgan fingerprint density at radius 2 is 2.13 bits per heavy atom. The summed E-state index contributed by atoms with van der Waals surface area (Å²) in [6.45, 7) is 0. The monoisotopic (exact) mass is 265 g/mol. The molecule has 2 rings (SSSR count). The Morgan fingerprint density at radius 3 is 2.80 bits per heavy atom. The first-order valence-corrected chi connectivity index (χ1v) is 5.06. The van der Waals surface area contributed by atoms with E-state index in [0.29, 0.717) is 5.69 Å². The molecule has 2 aromatic rings. The maximum Gasteiger partial charge on any atom is 0.267 e. The number of amides is 1. The smallest absolute Gasteiger partial charge is 0.267 e. The molecule has 0 radical (unpaired) electrons. The minimum Gasteiger partial charge on any atom is -0.364 e. The number of primary amides is 1. The minimum atomic E-state index is -0.497. The van der Waals surface area contributed by atoms with Gasteiger partial charge >= 0.3 is 0 Å². The van der Waals surface area contributed by atoms with E-state index in [1.807, 2.05) is 24.3 Å². The van der Waals surface area contributed by atoms with E-state index in [1.165, 1.54) is 6.20 Å². The van der Waals surface area contributed by atoms with Crippen molar-refractivity contribution in [3.8, 4) is 5.69 Å². The molecule has 0 aliphatic heterocycles. The molecule has 4 nitrogen and oxygen atoms in total. The second kappa shape index (κ2) is 3.86. The van der Waals surface area contributed by atoms with Crippen LogP contribution in [-0.4, -0.2) is 15.5 Å². The van der Waals surface area contributed by atoms with Gasteiger partial charge in [-0.1, -0.05) is 12.1 Å². The third kappa shape index (κ3) is 1.78. The summed E-state index contributed by atoms with van der Waals surface area (Å²) in [6, 6.07) is 7.54. The lowest BCUT2D eigenvalue weighted by atomic mass is 10.3. The zero-order chi connectivity index (χ0) is 10.8. The highest BCUT2D eigenvalue weighted by Crippen LogP contribution is 2.21. The number of aromatic nitrogens is 2.